The molecule has 33 heavy (non-hydrogen) atoms. The molecule has 0 bridgehead atoms. The summed E-state index contributed by atoms with van der Waals surface area (Å²) in [6.45, 7) is 6.26. The standard InChI is InChI=1S/C24H25N5O3S/c1-16(2)24(3,14-25)26-21(30)13-33-23-28-27-22(18-7-5-4-6-8-18)29(23)12-17-9-10-19-20(11-17)32-15-31-19/h4-11,16H,12-13,15H2,1-3H3,(H,26,30)/t24-/m0/s1. The molecule has 0 saturated carbocycles. The summed E-state index contributed by atoms with van der Waals surface area (Å²) in [6, 6.07) is 17.8. The van der Waals surface area contributed by atoms with Gasteiger partial charge in [-0.05, 0) is 30.5 Å². The van der Waals surface area contributed by atoms with Crippen LogP contribution in [-0.2, 0) is 11.3 Å². The Hall–Kier alpha value is -3.51. The number of aromatic nitrogens is 3. The molecule has 0 spiro atoms. The van der Waals surface area contributed by atoms with Crippen LogP contribution in [0.5, 0.6) is 11.5 Å². The number of fused-ring (bicyclic) bond motifs is 1. The zero-order valence-corrected chi connectivity index (χ0v) is 19.6. The first kappa shape index (κ1) is 22.7. The Morgan fingerprint density at radius 1 is 1.21 bits per heavy atom. The maximum Gasteiger partial charge on any atom is 0.231 e. The first-order valence-electron chi connectivity index (χ1n) is 10.6. The summed E-state index contributed by atoms with van der Waals surface area (Å²) in [5.74, 6) is 2.02. The Morgan fingerprint density at radius 3 is 2.70 bits per heavy atom. The number of nitriles is 1. The van der Waals surface area contributed by atoms with Crippen molar-refractivity contribution in [2.24, 2.45) is 5.92 Å². The van der Waals surface area contributed by atoms with Gasteiger partial charge in [0.2, 0.25) is 12.7 Å². The Balaban J connectivity index is 1.57. The van der Waals surface area contributed by atoms with Crippen LogP contribution >= 0.6 is 11.8 Å². The quantitative estimate of drug-likeness (QED) is 0.506. The van der Waals surface area contributed by atoms with Crippen LogP contribution in [0, 0.1) is 17.2 Å². The third-order valence-corrected chi connectivity index (χ3v) is 6.61. The normalized spacial score (nSPS) is 14.0. The van der Waals surface area contributed by atoms with Gasteiger partial charge in [0.1, 0.15) is 5.54 Å². The predicted molar refractivity (Wildman–Crippen MR) is 125 cm³/mol. The number of hydrogen-bond acceptors (Lipinski definition) is 7. The summed E-state index contributed by atoms with van der Waals surface area (Å²) >= 11 is 1.29. The lowest BCUT2D eigenvalue weighted by molar-refractivity contribution is -0.120. The molecule has 3 aromatic rings. The second-order valence-electron chi connectivity index (χ2n) is 8.25. The summed E-state index contributed by atoms with van der Waals surface area (Å²) < 4.78 is 12.9. The van der Waals surface area contributed by atoms with E-state index in [-0.39, 0.29) is 24.4 Å². The number of benzene rings is 2. The van der Waals surface area contributed by atoms with E-state index in [1.54, 1.807) is 6.92 Å². The Labute approximate surface area is 196 Å². The molecule has 1 aliphatic rings. The zero-order valence-electron chi connectivity index (χ0n) is 18.7. The highest BCUT2D eigenvalue weighted by Gasteiger charge is 2.30. The van der Waals surface area contributed by atoms with E-state index in [4.69, 9.17) is 9.47 Å². The van der Waals surface area contributed by atoms with Crippen LogP contribution in [0.25, 0.3) is 11.4 Å². The van der Waals surface area contributed by atoms with Crippen molar-refractivity contribution >= 4 is 17.7 Å². The van der Waals surface area contributed by atoms with E-state index >= 15 is 0 Å². The van der Waals surface area contributed by atoms with Gasteiger partial charge in [-0.25, -0.2) is 0 Å². The number of thioether (sulfide) groups is 1. The lowest BCUT2D eigenvalue weighted by atomic mass is 9.90. The van der Waals surface area contributed by atoms with Gasteiger partial charge >= 0.3 is 0 Å². The molecule has 9 heteroatoms. The Morgan fingerprint density at radius 2 is 1.97 bits per heavy atom. The third-order valence-electron chi connectivity index (χ3n) is 5.64. The molecule has 1 atom stereocenters. The minimum Gasteiger partial charge on any atom is -0.454 e. The van der Waals surface area contributed by atoms with Crippen molar-refractivity contribution in [2.45, 2.75) is 38.0 Å². The SMILES string of the molecule is CC(C)[C@](C)(C#N)NC(=O)CSc1nnc(-c2ccccc2)n1Cc1ccc2c(c1)OCO2. The van der Waals surface area contributed by atoms with Crippen molar-refractivity contribution in [2.75, 3.05) is 12.5 Å². The minimum atomic E-state index is -0.924. The number of amides is 1. The highest BCUT2D eigenvalue weighted by molar-refractivity contribution is 7.99. The van der Waals surface area contributed by atoms with Crippen LogP contribution < -0.4 is 14.8 Å². The summed E-state index contributed by atoms with van der Waals surface area (Å²) in [5, 5.41) is 21.7. The van der Waals surface area contributed by atoms with Gasteiger partial charge in [0.05, 0.1) is 18.4 Å². The van der Waals surface area contributed by atoms with Gasteiger partial charge < -0.3 is 14.8 Å². The highest BCUT2D eigenvalue weighted by Crippen LogP contribution is 2.33. The van der Waals surface area contributed by atoms with Gasteiger partial charge in [-0.1, -0.05) is 62.0 Å². The minimum absolute atomic E-state index is 0.0178. The fourth-order valence-electron chi connectivity index (χ4n) is 3.32. The van der Waals surface area contributed by atoms with E-state index in [1.165, 1.54) is 11.8 Å². The molecule has 2 aromatic carbocycles. The molecule has 1 N–H and O–H groups in total. The summed E-state index contributed by atoms with van der Waals surface area (Å²) in [6.07, 6.45) is 0. The van der Waals surface area contributed by atoms with Gasteiger partial charge in [0.15, 0.2) is 22.5 Å². The second-order valence-corrected chi connectivity index (χ2v) is 9.19. The number of carbonyl (C=O) groups is 1. The van der Waals surface area contributed by atoms with Gasteiger partial charge in [-0.2, -0.15) is 5.26 Å². The number of nitrogens with one attached hydrogen (secondary N) is 1. The summed E-state index contributed by atoms with van der Waals surface area (Å²) in [7, 11) is 0. The third kappa shape index (κ3) is 4.96. The first-order valence-corrected chi connectivity index (χ1v) is 11.6. The topological polar surface area (TPSA) is 102 Å². The Bertz CT molecular complexity index is 1190. The lowest BCUT2D eigenvalue weighted by Gasteiger charge is -2.27. The smallest absolute Gasteiger partial charge is 0.231 e. The fraction of sp³-hybridized carbons (Fsp3) is 0.333. The van der Waals surface area contributed by atoms with Crippen LogP contribution in [0.4, 0.5) is 0 Å². The van der Waals surface area contributed by atoms with E-state index in [0.29, 0.717) is 23.3 Å². The second kappa shape index (κ2) is 9.55. The van der Waals surface area contributed by atoms with Crippen molar-refractivity contribution in [1.29, 1.82) is 5.26 Å². The fourth-order valence-corrected chi connectivity index (χ4v) is 4.06. The number of rotatable bonds is 8. The molecule has 4 rings (SSSR count). The van der Waals surface area contributed by atoms with Crippen molar-refractivity contribution < 1.29 is 14.3 Å². The molecule has 1 aliphatic heterocycles. The molecule has 170 valence electrons. The lowest BCUT2D eigenvalue weighted by Crippen LogP contribution is -2.49. The van der Waals surface area contributed by atoms with Crippen molar-refractivity contribution in [1.82, 2.24) is 20.1 Å². The van der Waals surface area contributed by atoms with E-state index in [9.17, 15) is 10.1 Å². The first-order chi connectivity index (χ1) is 15.9. The molecule has 0 radical (unpaired) electrons. The van der Waals surface area contributed by atoms with Crippen molar-refractivity contribution in [3.8, 4) is 29.0 Å². The van der Waals surface area contributed by atoms with E-state index < -0.39 is 5.54 Å². The predicted octanol–water partition coefficient (Wildman–Crippen LogP) is 3.87. The molecule has 1 amide bonds. The van der Waals surface area contributed by atoms with Crippen molar-refractivity contribution in [3.05, 3.63) is 54.1 Å². The van der Waals surface area contributed by atoms with Crippen molar-refractivity contribution in [3.63, 3.8) is 0 Å². The number of nitrogens with zero attached hydrogens (tertiary/aromatic N) is 4. The molecule has 8 nitrogen and oxygen atoms in total. The molecule has 1 aromatic heterocycles. The van der Waals surface area contributed by atoms with E-state index in [0.717, 1.165) is 16.9 Å². The van der Waals surface area contributed by atoms with Crippen LogP contribution in [0.1, 0.15) is 26.3 Å². The summed E-state index contributed by atoms with van der Waals surface area (Å²) in [5.41, 5.74) is 1.01. The van der Waals surface area contributed by atoms with Gasteiger partial charge in [-0.15, -0.1) is 10.2 Å². The Kier molecular flexibility index (Phi) is 6.56. The van der Waals surface area contributed by atoms with Gasteiger partial charge in [-0.3, -0.25) is 9.36 Å². The average molecular weight is 464 g/mol. The number of hydrogen-bond donors (Lipinski definition) is 1. The summed E-state index contributed by atoms with van der Waals surface area (Å²) in [4.78, 5) is 12.6. The molecule has 0 saturated heterocycles. The number of ether oxygens (including phenoxy) is 2. The molecule has 0 fully saturated rings. The molecule has 0 aliphatic carbocycles. The van der Waals surface area contributed by atoms with Crippen LogP contribution in [-0.4, -0.2) is 38.8 Å². The maximum absolute atomic E-state index is 12.6. The van der Waals surface area contributed by atoms with Crippen LogP contribution in [0.2, 0.25) is 0 Å². The molecular weight excluding hydrogens is 438 g/mol. The monoisotopic (exact) mass is 463 g/mol. The van der Waals surface area contributed by atoms with Gasteiger partial charge in [0.25, 0.3) is 0 Å². The van der Waals surface area contributed by atoms with Gasteiger partial charge in [0, 0.05) is 5.56 Å². The molecule has 0 unspecified atom stereocenters. The highest BCUT2D eigenvalue weighted by atomic mass is 32.2. The average Bonchev–Trinajstić information content (AvgIpc) is 3.44. The van der Waals surface area contributed by atoms with Crippen LogP contribution in [0.15, 0.2) is 53.7 Å². The molecule has 2 heterocycles. The van der Waals surface area contributed by atoms with E-state index in [1.807, 2.05) is 66.9 Å². The zero-order chi connectivity index (χ0) is 23.4. The molecular formula is C24H25N5O3S. The number of carbonyl (C=O) groups excluding carboxylic acids is 1. The van der Waals surface area contributed by atoms with Crippen LogP contribution in [0.3, 0.4) is 0 Å². The largest absolute Gasteiger partial charge is 0.454 e. The van der Waals surface area contributed by atoms with E-state index in [2.05, 4.69) is 21.6 Å². The maximum atomic E-state index is 12.6.